The van der Waals surface area contributed by atoms with Gasteiger partial charge in [-0.2, -0.15) is 11.3 Å². The first-order valence-electron chi connectivity index (χ1n) is 7.51. The van der Waals surface area contributed by atoms with E-state index in [2.05, 4.69) is 21.7 Å². The molecule has 2 aromatic heterocycles. The molecule has 0 aliphatic rings. The first-order chi connectivity index (χ1) is 11.2. The first-order valence-corrected chi connectivity index (χ1v) is 8.45. The molecule has 0 aliphatic carbocycles. The molecular formula is C17H19N3O2S. The van der Waals surface area contributed by atoms with Gasteiger partial charge in [0.15, 0.2) is 0 Å². The number of hydrogen-bond donors (Lipinski definition) is 4. The number of carbonyl (C=O) groups is 1. The highest BCUT2D eigenvalue weighted by Gasteiger charge is 2.09. The highest BCUT2D eigenvalue weighted by Crippen LogP contribution is 2.17. The topological polar surface area (TPSA) is 77.2 Å². The number of H-pyrrole nitrogens is 1. The molecule has 1 atom stereocenters. The summed E-state index contributed by atoms with van der Waals surface area (Å²) in [6.07, 6.45) is 2.07. The average Bonchev–Trinajstić information content (AvgIpc) is 3.23. The van der Waals surface area contributed by atoms with Gasteiger partial charge in [-0.15, -0.1) is 0 Å². The zero-order valence-electron chi connectivity index (χ0n) is 12.6. The van der Waals surface area contributed by atoms with Crippen molar-refractivity contribution in [3.05, 3.63) is 58.4 Å². The van der Waals surface area contributed by atoms with Gasteiger partial charge in [-0.25, -0.2) is 4.79 Å². The van der Waals surface area contributed by atoms with E-state index in [4.69, 9.17) is 0 Å². The summed E-state index contributed by atoms with van der Waals surface area (Å²) in [4.78, 5) is 15.0. The predicted molar refractivity (Wildman–Crippen MR) is 92.7 cm³/mol. The second kappa shape index (κ2) is 7.30. The molecule has 1 aromatic carbocycles. The Morgan fingerprint density at radius 1 is 1.26 bits per heavy atom. The van der Waals surface area contributed by atoms with Crippen molar-refractivity contribution in [2.24, 2.45) is 0 Å². The highest BCUT2D eigenvalue weighted by molar-refractivity contribution is 7.07. The van der Waals surface area contributed by atoms with E-state index in [0.717, 1.165) is 17.5 Å². The highest BCUT2D eigenvalue weighted by atomic mass is 32.1. The Morgan fingerprint density at radius 3 is 2.96 bits per heavy atom. The van der Waals surface area contributed by atoms with Gasteiger partial charge in [-0.1, -0.05) is 18.2 Å². The molecule has 0 saturated carbocycles. The van der Waals surface area contributed by atoms with Crippen LogP contribution in [0.2, 0.25) is 0 Å². The molecule has 6 heteroatoms. The Labute approximate surface area is 138 Å². The van der Waals surface area contributed by atoms with Crippen LogP contribution in [-0.4, -0.2) is 29.2 Å². The van der Waals surface area contributed by atoms with Gasteiger partial charge in [0.05, 0.1) is 6.10 Å². The summed E-state index contributed by atoms with van der Waals surface area (Å²) >= 11 is 1.52. The molecule has 0 bridgehead atoms. The van der Waals surface area contributed by atoms with Crippen LogP contribution in [0.5, 0.6) is 0 Å². The molecule has 0 aliphatic heterocycles. The Balaban J connectivity index is 1.42. The summed E-state index contributed by atoms with van der Waals surface area (Å²) in [5, 5.41) is 20.4. The van der Waals surface area contributed by atoms with Gasteiger partial charge in [0, 0.05) is 30.2 Å². The van der Waals surface area contributed by atoms with Gasteiger partial charge in [0.25, 0.3) is 0 Å². The summed E-state index contributed by atoms with van der Waals surface area (Å²) < 4.78 is 0. The van der Waals surface area contributed by atoms with Crippen LogP contribution in [0, 0.1) is 0 Å². The number of carbonyl (C=O) groups excluding carboxylic acids is 1. The Hall–Kier alpha value is -2.31. The van der Waals surface area contributed by atoms with Crippen molar-refractivity contribution in [3.8, 4) is 0 Å². The predicted octanol–water partition coefficient (Wildman–Crippen LogP) is 2.80. The lowest BCUT2D eigenvalue weighted by Gasteiger charge is -2.11. The summed E-state index contributed by atoms with van der Waals surface area (Å²) in [7, 11) is 0. The van der Waals surface area contributed by atoms with E-state index in [9.17, 15) is 9.90 Å². The second-order valence-electron chi connectivity index (χ2n) is 5.32. The Bertz CT molecular complexity index is 767. The molecule has 3 aromatic rings. The molecule has 2 heterocycles. The lowest BCUT2D eigenvalue weighted by molar-refractivity contribution is 0.173. The quantitative estimate of drug-likeness (QED) is 0.561. The number of aromatic nitrogens is 1. The smallest absolute Gasteiger partial charge is 0.314 e. The maximum absolute atomic E-state index is 11.8. The third-order valence-electron chi connectivity index (χ3n) is 3.74. The zero-order chi connectivity index (χ0) is 16.1. The minimum absolute atomic E-state index is 0.204. The Kier molecular flexibility index (Phi) is 4.95. The van der Waals surface area contributed by atoms with Crippen molar-refractivity contribution in [2.75, 3.05) is 13.1 Å². The minimum atomic E-state index is -0.666. The lowest BCUT2D eigenvalue weighted by Crippen LogP contribution is -2.38. The van der Waals surface area contributed by atoms with E-state index in [-0.39, 0.29) is 12.6 Å². The van der Waals surface area contributed by atoms with Crippen LogP contribution in [0.25, 0.3) is 10.9 Å². The number of nitrogens with one attached hydrogen (secondary N) is 3. The third-order valence-corrected chi connectivity index (χ3v) is 4.44. The Morgan fingerprint density at radius 2 is 2.13 bits per heavy atom. The summed E-state index contributed by atoms with van der Waals surface area (Å²) in [5.41, 5.74) is 3.11. The van der Waals surface area contributed by atoms with E-state index in [1.165, 1.54) is 22.3 Å². The van der Waals surface area contributed by atoms with Crippen molar-refractivity contribution >= 4 is 28.3 Å². The molecule has 0 radical (unpaired) electrons. The average molecular weight is 329 g/mol. The van der Waals surface area contributed by atoms with E-state index in [1.807, 2.05) is 41.2 Å². The lowest BCUT2D eigenvalue weighted by atomic mass is 10.1. The number of rotatable bonds is 6. The van der Waals surface area contributed by atoms with E-state index >= 15 is 0 Å². The number of benzene rings is 1. The van der Waals surface area contributed by atoms with Crippen molar-refractivity contribution in [2.45, 2.75) is 12.5 Å². The summed E-state index contributed by atoms with van der Waals surface area (Å²) in [6, 6.07) is 9.69. The fourth-order valence-corrected chi connectivity index (χ4v) is 3.19. The van der Waals surface area contributed by atoms with Gasteiger partial charge in [-0.3, -0.25) is 0 Å². The number of urea groups is 1. The van der Waals surface area contributed by atoms with Gasteiger partial charge in [0.2, 0.25) is 0 Å². The molecule has 23 heavy (non-hydrogen) atoms. The maximum atomic E-state index is 11.8. The van der Waals surface area contributed by atoms with Gasteiger partial charge >= 0.3 is 6.03 Å². The van der Waals surface area contributed by atoms with Gasteiger partial charge in [-0.05, 0) is 40.4 Å². The molecule has 4 N–H and O–H groups in total. The zero-order valence-corrected chi connectivity index (χ0v) is 13.4. The largest absolute Gasteiger partial charge is 0.387 e. The van der Waals surface area contributed by atoms with Crippen LogP contribution in [0.4, 0.5) is 4.79 Å². The van der Waals surface area contributed by atoms with E-state index in [0.29, 0.717) is 6.54 Å². The fraction of sp³-hybridized carbons (Fsp3) is 0.235. The molecule has 0 fully saturated rings. The molecule has 3 rings (SSSR count). The van der Waals surface area contributed by atoms with Crippen LogP contribution >= 0.6 is 11.3 Å². The van der Waals surface area contributed by atoms with Crippen molar-refractivity contribution < 1.29 is 9.90 Å². The molecular weight excluding hydrogens is 310 g/mol. The maximum Gasteiger partial charge on any atom is 0.314 e. The second-order valence-corrected chi connectivity index (χ2v) is 6.10. The molecule has 120 valence electrons. The SMILES string of the molecule is O=C(NCCc1c[nH]c2ccccc12)NCC(O)c1ccsc1. The summed E-state index contributed by atoms with van der Waals surface area (Å²) in [6.45, 7) is 0.748. The number of thiophene rings is 1. The van der Waals surface area contributed by atoms with E-state index in [1.54, 1.807) is 0 Å². The number of aliphatic hydroxyl groups is 1. The van der Waals surface area contributed by atoms with Crippen LogP contribution in [-0.2, 0) is 6.42 Å². The van der Waals surface area contributed by atoms with Gasteiger partial charge in [0.1, 0.15) is 0 Å². The number of aromatic amines is 1. The fourth-order valence-electron chi connectivity index (χ4n) is 2.48. The number of para-hydroxylation sites is 1. The van der Waals surface area contributed by atoms with E-state index < -0.39 is 6.10 Å². The molecule has 0 spiro atoms. The van der Waals surface area contributed by atoms with Crippen LogP contribution in [0.3, 0.4) is 0 Å². The number of fused-ring (bicyclic) bond motifs is 1. The van der Waals surface area contributed by atoms with Crippen molar-refractivity contribution in [1.29, 1.82) is 0 Å². The van der Waals surface area contributed by atoms with Crippen LogP contribution in [0.1, 0.15) is 17.2 Å². The third kappa shape index (κ3) is 3.91. The molecule has 2 amide bonds. The van der Waals surface area contributed by atoms with Crippen molar-refractivity contribution in [3.63, 3.8) is 0 Å². The molecule has 5 nitrogen and oxygen atoms in total. The number of amides is 2. The standard InChI is InChI=1S/C17H19N3O2S/c21-16(13-6-8-23-11-13)10-20-17(22)18-7-5-12-9-19-15-4-2-1-3-14(12)15/h1-4,6,8-9,11,16,19,21H,5,7,10H2,(H2,18,20,22). The monoisotopic (exact) mass is 329 g/mol. The minimum Gasteiger partial charge on any atom is -0.387 e. The summed E-state index contributed by atoms with van der Waals surface area (Å²) in [5.74, 6) is 0. The van der Waals surface area contributed by atoms with Crippen molar-refractivity contribution in [1.82, 2.24) is 15.6 Å². The normalized spacial score (nSPS) is 12.2. The molecule has 1 unspecified atom stereocenters. The van der Waals surface area contributed by atoms with Crippen LogP contribution < -0.4 is 10.6 Å². The number of hydrogen-bond acceptors (Lipinski definition) is 3. The molecule has 0 saturated heterocycles. The number of aliphatic hydroxyl groups excluding tert-OH is 1. The van der Waals surface area contributed by atoms with Crippen LogP contribution in [0.15, 0.2) is 47.3 Å². The first kappa shape index (κ1) is 15.6. The van der Waals surface area contributed by atoms with Gasteiger partial charge < -0.3 is 20.7 Å².